The molecule has 10 heteroatoms. The number of carbonyl (C=O) groups is 1. The number of nitrogens with one attached hydrogen (secondary N) is 1. The summed E-state index contributed by atoms with van der Waals surface area (Å²) in [4.78, 5) is 17.5. The van der Waals surface area contributed by atoms with Crippen molar-refractivity contribution in [3.63, 3.8) is 0 Å². The lowest BCUT2D eigenvalue weighted by atomic mass is 10.2. The van der Waals surface area contributed by atoms with Crippen LogP contribution >= 0.6 is 80.1 Å². The van der Waals surface area contributed by atoms with E-state index in [1.54, 1.807) is 24.3 Å². The van der Waals surface area contributed by atoms with Gasteiger partial charge in [0, 0.05) is 3.57 Å². The largest absolute Gasteiger partial charge is 0.490 e. The Hall–Kier alpha value is -1.47. The molecule has 1 amide bonds. The van der Waals surface area contributed by atoms with Gasteiger partial charge >= 0.3 is 0 Å². The van der Waals surface area contributed by atoms with Gasteiger partial charge in [-0.2, -0.15) is 0 Å². The number of ether oxygens (including phenoxy) is 2. The molecule has 0 radical (unpaired) electrons. The molecule has 0 atom stereocenters. The van der Waals surface area contributed by atoms with Gasteiger partial charge in [-0.25, -0.2) is 4.99 Å². The fourth-order valence-electron chi connectivity index (χ4n) is 3.13. The summed E-state index contributed by atoms with van der Waals surface area (Å²) in [6, 6.07) is 17.2. The second-order valence-corrected chi connectivity index (χ2v) is 11.5. The van der Waals surface area contributed by atoms with Crippen LogP contribution in [0.5, 0.6) is 11.5 Å². The van der Waals surface area contributed by atoms with Gasteiger partial charge in [-0.15, -0.1) is 0 Å². The lowest BCUT2D eigenvalue weighted by Gasteiger charge is -2.15. The Balaban J connectivity index is 1.56. The number of hydrogen-bond donors (Lipinski definition) is 1. The van der Waals surface area contributed by atoms with Gasteiger partial charge in [0.25, 0.3) is 5.91 Å². The number of amides is 1. The molecule has 180 valence electrons. The molecule has 1 fully saturated rings. The van der Waals surface area contributed by atoms with E-state index in [9.17, 15) is 4.79 Å². The van der Waals surface area contributed by atoms with E-state index in [4.69, 9.17) is 32.7 Å². The fraction of sp³-hybridized carbons (Fsp3) is 0.120. The maximum Gasteiger partial charge on any atom is 0.264 e. The molecule has 1 saturated heterocycles. The highest BCUT2D eigenvalue weighted by atomic mass is 127. The first-order chi connectivity index (χ1) is 16.8. The summed E-state index contributed by atoms with van der Waals surface area (Å²) in [6.07, 6.45) is 1.80. The van der Waals surface area contributed by atoms with Crippen molar-refractivity contribution in [3.8, 4) is 11.5 Å². The standard InChI is InChI=1S/C25H18Cl2I2N2O3S/c1-2-33-20-11-15(10-18(29)23(20)34-13-14-6-8-16(28)9-7-14)12-21-24(32)31-25(35-21)30-19-5-3-4-17(26)22(19)27/h3-12H,2,13H2,1H3,(H,30,31,32)/b21-12+. The monoisotopic (exact) mass is 750 g/mol. The summed E-state index contributed by atoms with van der Waals surface area (Å²) in [5.74, 6) is 1.06. The molecular formula is C25H18Cl2I2N2O3S. The average Bonchev–Trinajstić information content (AvgIpc) is 3.16. The summed E-state index contributed by atoms with van der Waals surface area (Å²) < 4.78 is 14.0. The Kier molecular flexibility index (Phi) is 9.25. The van der Waals surface area contributed by atoms with E-state index in [1.807, 2.05) is 43.3 Å². The molecule has 1 aliphatic rings. The first kappa shape index (κ1) is 26.6. The number of rotatable bonds is 7. The Morgan fingerprint density at radius 2 is 1.86 bits per heavy atom. The van der Waals surface area contributed by atoms with E-state index >= 15 is 0 Å². The minimum absolute atomic E-state index is 0.237. The van der Waals surface area contributed by atoms with E-state index in [0.717, 1.165) is 14.7 Å². The van der Waals surface area contributed by atoms with Crippen molar-refractivity contribution in [2.45, 2.75) is 13.5 Å². The molecule has 1 N–H and O–H groups in total. The lowest BCUT2D eigenvalue weighted by molar-refractivity contribution is -0.115. The number of hydrogen-bond acceptors (Lipinski definition) is 5. The van der Waals surface area contributed by atoms with Crippen molar-refractivity contribution in [2.24, 2.45) is 4.99 Å². The van der Waals surface area contributed by atoms with Gasteiger partial charge in [0.2, 0.25) is 0 Å². The third kappa shape index (κ3) is 6.85. The Morgan fingerprint density at radius 3 is 2.60 bits per heavy atom. The number of halogens is 4. The SMILES string of the molecule is CCOc1cc(/C=C2/SC(=Nc3cccc(Cl)c3Cl)NC2=O)cc(I)c1OCc1ccc(I)cc1. The van der Waals surface area contributed by atoms with E-state index in [1.165, 1.54) is 15.3 Å². The molecule has 5 nitrogen and oxygen atoms in total. The predicted molar refractivity (Wildman–Crippen MR) is 161 cm³/mol. The molecule has 3 aromatic carbocycles. The van der Waals surface area contributed by atoms with E-state index in [-0.39, 0.29) is 5.91 Å². The Labute approximate surface area is 244 Å². The van der Waals surface area contributed by atoms with Crippen LogP contribution in [0.3, 0.4) is 0 Å². The third-order valence-electron chi connectivity index (χ3n) is 4.73. The number of benzene rings is 3. The molecular weight excluding hydrogens is 733 g/mol. The lowest BCUT2D eigenvalue weighted by Crippen LogP contribution is -2.19. The van der Waals surface area contributed by atoms with Crippen LogP contribution in [0.25, 0.3) is 6.08 Å². The first-order valence-corrected chi connectivity index (χ1v) is 14.1. The molecule has 4 rings (SSSR count). The summed E-state index contributed by atoms with van der Waals surface area (Å²) in [5, 5.41) is 3.95. The van der Waals surface area contributed by atoms with Crippen molar-refractivity contribution >= 4 is 103 Å². The fourth-order valence-corrected chi connectivity index (χ4v) is 5.44. The van der Waals surface area contributed by atoms with Crippen LogP contribution in [0.4, 0.5) is 5.69 Å². The molecule has 0 bridgehead atoms. The van der Waals surface area contributed by atoms with Crippen LogP contribution in [0.15, 0.2) is 64.5 Å². The van der Waals surface area contributed by atoms with Gasteiger partial charge in [-0.1, -0.05) is 41.4 Å². The quantitative estimate of drug-likeness (QED) is 0.196. The molecule has 35 heavy (non-hydrogen) atoms. The zero-order valence-electron chi connectivity index (χ0n) is 18.3. The second-order valence-electron chi connectivity index (χ2n) is 7.23. The number of nitrogens with zero attached hydrogens (tertiary/aromatic N) is 1. The molecule has 3 aromatic rings. The number of aliphatic imine (C=N–C) groups is 1. The molecule has 0 unspecified atom stereocenters. The molecule has 1 aliphatic heterocycles. The van der Waals surface area contributed by atoms with Crippen molar-refractivity contribution in [2.75, 3.05) is 6.61 Å². The maximum absolute atomic E-state index is 12.6. The van der Waals surface area contributed by atoms with Crippen molar-refractivity contribution in [3.05, 3.63) is 87.8 Å². The van der Waals surface area contributed by atoms with Crippen molar-refractivity contribution in [1.82, 2.24) is 5.32 Å². The Morgan fingerprint density at radius 1 is 1.09 bits per heavy atom. The van der Waals surface area contributed by atoms with Crippen molar-refractivity contribution < 1.29 is 14.3 Å². The minimum Gasteiger partial charge on any atom is -0.490 e. The first-order valence-electron chi connectivity index (χ1n) is 10.4. The van der Waals surface area contributed by atoms with Crippen LogP contribution in [0.2, 0.25) is 10.0 Å². The second kappa shape index (κ2) is 12.2. The van der Waals surface area contributed by atoms with Crippen LogP contribution in [0, 0.1) is 7.14 Å². The van der Waals surface area contributed by atoms with Gasteiger partial charge in [-0.3, -0.25) is 4.79 Å². The summed E-state index contributed by atoms with van der Waals surface area (Å²) in [6.45, 7) is 2.84. The van der Waals surface area contributed by atoms with Gasteiger partial charge < -0.3 is 14.8 Å². The number of thioether (sulfide) groups is 1. The highest BCUT2D eigenvalue weighted by Crippen LogP contribution is 2.38. The van der Waals surface area contributed by atoms with Gasteiger partial charge in [0.05, 0.1) is 30.8 Å². The number of amidine groups is 1. The number of carbonyl (C=O) groups excluding carboxylic acids is 1. The van der Waals surface area contributed by atoms with Crippen LogP contribution in [-0.4, -0.2) is 17.7 Å². The minimum atomic E-state index is -0.237. The Bertz CT molecular complexity index is 1330. The van der Waals surface area contributed by atoms with Gasteiger partial charge in [0.15, 0.2) is 16.7 Å². The van der Waals surface area contributed by atoms with Crippen molar-refractivity contribution in [1.29, 1.82) is 0 Å². The van der Waals surface area contributed by atoms with E-state index in [0.29, 0.717) is 50.5 Å². The zero-order valence-corrected chi connectivity index (χ0v) is 24.9. The van der Waals surface area contributed by atoms with Crippen LogP contribution < -0.4 is 14.8 Å². The maximum atomic E-state index is 12.6. The molecule has 0 spiro atoms. The van der Waals surface area contributed by atoms with Crippen LogP contribution in [-0.2, 0) is 11.4 Å². The van der Waals surface area contributed by atoms with Gasteiger partial charge in [-0.05, 0) is 117 Å². The van der Waals surface area contributed by atoms with Gasteiger partial charge in [0.1, 0.15) is 6.61 Å². The highest BCUT2D eigenvalue weighted by Gasteiger charge is 2.25. The zero-order chi connectivity index (χ0) is 24.9. The van der Waals surface area contributed by atoms with E-state index in [2.05, 4.69) is 55.5 Å². The summed E-state index contributed by atoms with van der Waals surface area (Å²) in [5.41, 5.74) is 2.38. The summed E-state index contributed by atoms with van der Waals surface area (Å²) >= 11 is 18.0. The molecule has 0 aromatic heterocycles. The molecule has 0 aliphatic carbocycles. The predicted octanol–water partition coefficient (Wildman–Crippen LogP) is 8.07. The molecule has 1 heterocycles. The van der Waals surface area contributed by atoms with Crippen LogP contribution in [0.1, 0.15) is 18.1 Å². The third-order valence-corrected chi connectivity index (χ3v) is 7.97. The average molecular weight is 751 g/mol. The smallest absolute Gasteiger partial charge is 0.264 e. The highest BCUT2D eigenvalue weighted by molar-refractivity contribution is 14.1. The normalized spacial score (nSPS) is 15.5. The van der Waals surface area contributed by atoms with E-state index < -0.39 is 0 Å². The topological polar surface area (TPSA) is 59.9 Å². The molecule has 0 saturated carbocycles. The summed E-state index contributed by atoms with van der Waals surface area (Å²) in [7, 11) is 0.